The number of likely N-dealkylation sites (N-methyl/N-ethyl adjacent to an activating group) is 7. The number of ether oxygens (including phenoxy) is 1. The summed E-state index contributed by atoms with van der Waals surface area (Å²) in [6.07, 6.45) is 2.69. The van der Waals surface area contributed by atoms with Crippen LogP contribution in [0.15, 0.2) is 12.2 Å². The van der Waals surface area contributed by atoms with Gasteiger partial charge in [-0.3, -0.25) is 57.5 Å². The van der Waals surface area contributed by atoms with E-state index in [1.165, 1.54) is 94.8 Å². The van der Waals surface area contributed by atoms with Gasteiger partial charge in [-0.05, 0) is 100 Å². The number of nitrogens with zero attached hydrogens (tertiary/aromatic N) is 7. The van der Waals surface area contributed by atoms with Crippen LogP contribution < -0.4 is 27.0 Å². The maximum atomic E-state index is 15.4. The maximum absolute atomic E-state index is 15.4. The van der Waals surface area contributed by atoms with Crippen LogP contribution in [0.25, 0.3) is 0 Å². The lowest BCUT2D eigenvalue weighted by Crippen LogP contribution is -2.64. The van der Waals surface area contributed by atoms with E-state index in [2.05, 4.69) is 21.3 Å². The Morgan fingerprint density at radius 2 is 0.832 bits per heavy atom. The molecule has 1 heterocycles. The number of thioether (sulfide) groups is 1. The van der Waals surface area contributed by atoms with E-state index in [1.54, 1.807) is 67.5 Å². The largest absolute Gasteiger partial charge is 0.468 e. The van der Waals surface area contributed by atoms with E-state index in [-0.39, 0.29) is 67.3 Å². The fraction of sp³-hybridized carbons (Fsp3) is 0.794. The Morgan fingerprint density at radius 1 is 0.474 bits per heavy atom. The van der Waals surface area contributed by atoms with Gasteiger partial charge in [0, 0.05) is 60.8 Å². The molecule has 0 aromatic heterocycles. The molecule has 1 saturated heterocycles. The molecule has 14 atom stereocenters. The van der Waals surface area contributed by atoms with Crippen molar-refractivity contribution in [3.05, 3.63) is 12.2 Å². The molecule has 26 nitrogen and oxygen atoms in total. The zero-order valence-corrected chi connectivity index (χ0v) is 62.9. The molecule has 0 aliphatic carbocycles. The Hall–Kier alpha value is -6.35. The van der Waals surface area contributed by atoms with Crippen LogP contribution >= 0.6 is 11.8 Å². The van der Waals surface area contributed by atoms with Crippen molar-refractivity contribution in [1.82, 2.24) is 55.6 Å². The monoisotopic (exact) mass is 1360 g/mol. The number of esters is 1. The van der Waals surface area contributed by atoms with E-state index in [0.29, 0.717) is 0 Å². The summed E-state index contributed by atoms with van der Waals surface area (Å²) in [6, 6.07) is -15.6. The Kier molecular flexibility index (Phi) is 36.3. The number of rotatable bonds is 20. The normalized spacial score (nSPS) is 26.5. The molecule has 1 aliphatic heterocycles. The van der Waals surface area contributed by atoms with Crippen LogP contribution in [0.1, 0.15) is 157 Å². The minimum atomic E-state index is -1.70. The quantitative estimate of drug-likeness (QED) is 0.0753. The van der Waals surface area contributed by atoms with Crippen molar-refractivity contribution in [3.63, 3.8) is 0 Å². The van der Waals surface area contributed by atoms with Crippen LogP contribution in [0.5, 0.6) is 0 Å². The summed E-state index contributed by atoms with van der Waals surface area (Å²) in [7, 11) is 11.0. The fourth-order valence-electron chi connectivity index (χ4n) is 11.6. The maximum Gasteiger partial charge on any atom is 0.323 e. The van der Waals surface area contributed by atoms with Gasteiger partial charge in [0.05, 0.1) is 13.2 Å². The van der Waals surface area contributed by atoms with Crippen molar-refractivity contribution < 1.29 is 67.4 Å². The summed E-state index contributed by atoms with van der Waals surface area (Å²) in [5, 5.41) is 23.4. The van der Waals surface area contributed by atoms with Gasteiger partial charge in [0.25, 0.3) is 0 Å². The van der Waals surface area contributed by atoms with Crippen molar-refractivity contribution in [2.24, 2.45) is 53.1 Å². The summed E-state index contributed by atoms with van der Waals surface area (Å²) in [5.74, 6) is -12.3. The predicted molar refractivity (Wildman–Crippen MR) is 369 cm³/mol. The van der Waals surface area contributed by atoms with Gasteiger partial charge in [-0.25, -0.2) is 0 Å². The fourth-order valence-corrected chi connectivity index (χ4v) is 12.8. The molecule has 0 bridgehead atoms. The number of amides is 11. The summed E-state index contributed by atoms with van der Waals surface area (Å²) in [4.78, 5) is 185. The van der Waals surface area contributed by atoms with Crippen LogP contribution in [0.2, 0.25) is 0 Å². The molecule has 0 aromatic carbocycles. The van der Waals surface area contributed by atoms with Crippen molar-refractivity contribution in [2.75, 3.05) is 67.9 Å². The lowest BCUT2D eigenvalue weighted by Gasteiger charge is -2.42. The lowest BCUT2D eigenvalue weighted by atomic mass is 9.91. The van der Waals surface area contributed by atoms with Crippen LogP contribution in [0, 0.1) is 47.3 Å². The lowest BCUT2D eigenvalue weighted by molar-refractivity contribution is -0.157. The highest BCUT2D eigenvalue weighted by atomic mass is 32.2. The van der Waals surface area contributed by atoms with Crippen molar-refractivity contribution >= 4 is 82.7 Å². The van der Waals surface area contributed by atoms with Gasteiger partial charge in [-0.1, -0.05) is 116 Å². The molecule has 1 aliphatic rings. The summed E-state index contributed by atoms with van der Waals surface area (Å²) in [5.41, 5.74) is 6.16. The van der Waals surface area contributed by atoms with Gasteiger partial charge in [-0.15, -0.1) is 0 Å². The van der Waals surface area contributed by atoms with Crippen molar-refractivity contribution in [1.29, 1.82) is 0 Å². The highest BCUT2D eigenvalue weighted by molar-refractivity contribution is 7.99. The number of carbonyl (C=O) groups excluding carboxylic acids is 12. The van der Waals surface area contributed by atoms with E-state index < -0.39 is 173 Å². The van der Waals surface area contributed by atoms with E-state index in [9.17, 15) is 33.9 Å². The molecule has 27 heteroatoms. The summed E-state index contributed by atoms with van der Waals surface area (Å²) < 4.78 is 4.85. The molecule has 0 saturated carbocycles. The number of allylic oxidation sites excluding steroid dienone is 2. The summed E-state index contributed by atoms with van der Waals surface area (Å²) >= 11 is 1.05. The zero-order chi connectivity index (χ0) is 73.7. The third-order valence-corrected chi connectivity index (χ3v) is 18.8. The molecule has 0 spiro atoms. The molecule has 0 radical (unpaired) electrons. The highest BCUT2D eigenvalue weighted by Gasteiger charge is 2.47. The Bertz CT molecular complexity index is 2640. The Labute approximate surface area is 571 Å². The average molecular weight is 1360 g/mol. The predicted octanol–water partition coefficient (Wildman–Crippen LogP) is 3.12. The van der Waals surface area contributed by atoms with E-state index >= 15 is 28.8 Å². The van der Waals surface area contributed by atoms with Gasteiger partial charge in [0.15, 0.2) is 0 Å². The third kappa shape index (κ3) is 24.6. The molecule has 0 unspecified atom stereocenters. The number of aliphatic hydroxyl groups is 1. The van der Waals surface area contributed by atoms with E-state index in [1.807, 2.05) is 55.4 Å². The first-order valence-electron chi connectivity index (χ1n) is 33.6. The standard InChI is InChI=1S/C68H122N12O14S/c1-27-28-29-43(16)56(81)55-60(85)73-53(41(12)13)66(91)78(23)51(35-95-34-46(69)68(93)94-26)64(89)74(19)48(31-37(4)5)59(84)72-52(40(10)11)65(90)75(20)47(30-36(2)3)58(83)70-44(17)57(82)71-45(18)61(86)76(21)49(32-38(6)7)62(87)77(22)50(33-39(8)9)63(88)79(24)54(42(14)15)67(92)80(55)25/h27-28,36-56,81H,29-35,69H2,1-26H3,(H,70,83)(H,71,82)(H,72,84)(H,73,85)/b28-27+/t43-,44-,45+,46+,47-,48+,49-,50-,51-,52-,53-,54-,55-,56-/m1/s1. The number of nitrogens with one attached hydrogen (secondary N) is 4. The molecule has 1 rings (SSSR count). The first-order valence-corrected chi connectivity index (χ1v) is 34.8. The number of hydrogen-bond acceptors (Lipinski definition) is 16. The summed E-state index contributed by atoms with van der Waals surface area (Å²) in [6.45, 7) is 31.3. The zero-order valence-electron chi connectivity index (χ0n) is 62.1. The van der Waals surface area contributed by atoms with Crippen molar-refractivity contribution in [3.8, 4) is 0 Å². The van der Waals surface area contributed by atoms with Gasteiger partial charge in [0.1, 0.15) is 72.5 Å². The number of hydrogen-bond donors (Lipinski definition) is 6. The molecule has 95 heavy (non-hydrogen) atoms. The van der Waals surface area contributed by atoms with E-state index in [4.69, 9.17) is 10.5 Å². The minimum Gasteiger partial charge on any atom is -0.468 e. The van der Waals surface area contributed by atoms with Crippen LogP contribution in [-0.4, -0.2) is 257 Å². The van der Waals surface area contributed by atoms with Gasteiger partial charge >= 0.3 is 5.97 Å². The molecule has 7 N–H and O–H groups in total. The van der Waals surface area contributed by atoms with E-state index in [0.717, 1.165) is 21.6 Å². The number of nitrogens with two attached hydrogens (primary N) is 1. The van der Waals surface area contributed by atoms with Crippen LogP contribution in [0.3, 0.4) is 0 Å². The van der Waals surface area contributed by atoms with Gasteiger partial charge in [-0.2, -0.15) is 11.8 Å². The van der Waals surface area contributed by atoms with Gasteiger partial charge in [0.2, 0.25) is 65.0 Å². The molecule has 1 fully saturated rings. The molecule has 11 amide bonds. The highest BCUT2D eigenvalue weighted by Crippen LogP contribution is 2.27. The van der Waals surface area contributed by atoms with Crippen LogP contribution in [0.4, 0.5) is 0 Å². The second-order valence-electron chi connectivity index (χ2n) is 28.7. The van der Waals surface area contributed by atoms with Gasteiger partial charge < -0.3 is 71.1 Å². The second kappa shape index (κ2) is 39.8. The number of carbonyl (C=O) groups is 12. The first kappa shape index (κ1) is 86.7. The number of methoxy groups -OCH3 is 1. The number of aliphatic hydroxyl groups excluding tert-OH is 1. The molecule has 544 valence electrons. The topological polar surface area (TPSA) is 331 Å². The molecule has 0 aromatic rings. The third-order valence-electron chi connectivity index (χ3n) is 17.7. The SMILES string of the molecule is C/C=C/C[C@@H](C)[C@@H](O)[C@@H]1C(=O)N[C@H](C(C)C)C(=O)N(C)[C@H](CSC[C@H](N)C(=O)OC)C(=O)N(C)[C@@H](CC(C)C)C(=O)N[C@H](C(C)C)C(=O)N(C)[C@H](CC(C)C)C(=O)N[C@H](C)C(=O)N[C@@H](C)C(=O)N(C)[C@H](CC(C)C)C(=O)N(C)[C@H](CC(C)C)C(=O)N(C)[C@H](C(C)C)C(=O)N1C. The van der Waals surface area contributed by atoms with Crippen molar-refractivity contribution in [2.45, 2.75) is 235 Å². The first-order chi connectivity index (χ1) is 43.9. The van der Waals surface area contributed by atoms with Crippen LogP contribution in [-0.2, 0) is 62.3 Å². The Morgan fingerprint density at radius 3 is 1.25 bits per heavy atom. The average Bonchev–Trinajstić information content (AvgIpc) is 0.808. The molecular formula is C68H122N12O14S. The Balaban J connectivity index is 4.62. The minimum absolute atomic E-state index is 0.0629. The molecular weight excluding hydrogens is 1240 g/mol. The smallest absolute Gasteiger partial charge is 0.323 e. The second-order valence-corrected chi connectivity index (χ2v) is 29.8.